The number of methoxy groups -OCH3 is 1. The first kappa shape index (κ1) is 20.6. The lowest BCUT2D eigenvalue weighted by molar-refractivity contribution is -0.140. The monoisotopic (exact) mass is 308 g/mol. The van der Waals surface area contributed by atoms with Crippen molar-refractivity contribution in [1.29, 1.82) is 0 Å². The molecule has 0 spiro atoms. The van der Waals surface area contributed by atoms with Gasteiger partial charge in [-0.2, -0.15) is 0 Å². The maximum Gasteiger partial charge on any atom is 0.305 e. The minimum Gasteiger partial charge on any atom is -0.469 e. The van der Waals surface area contributed by atoms with E-state index in [1.54, 1.807) is 0 Å². The quantitative estimate of drug-likeness (QED) is 0.232. The third-order valence-electron chi connectivity index (χ3n) is 3.35. The van der Waals surface area contributed by atoms with Crippen LogP contribution < -0.4 is 0 Å². The van der Waals surface area contributed by atoms with E-state index in [1.165, 1.54) is 20.0 Å². The lowest BCUT2D eigenvalue weighted by Gasteiger charge is -2.02. The number of aliphatic hydroxyl groups is 1. The van der Waals surface area contributed by atoms with Gasteiger partial charge in [0.05, 0.1) is 13.2 Å². The number of carbonyl (C=O) groups excluding carboxylic acids is 1. The number of hydrogen-bond donors (Lipinski definition) is 1. The number of rotatable bonds is 13. The Morgan fingerprint density at radius 1 is 1.09 bits per heavy atom. The fourth-order valence-electron chi connectivity index (χ4n) is 1.98. The zero-order chi connectivity index (χ0) is 16.5. The van der Waals surface area contributed by atoms with Gasteiger partial charge < -0.3 is 9.84 Å². The summed E-state index contributed by atoms with van der Waals surface area (Å²) in [7, 11) is 1.42. The first-order valence-electron chi connectivity index (χ1n) is 8.44. The second-order valence-corrected chi connectivity index (χ2v) is 5.41. The zero-order valence-electron chi connectivity index (χ0n) is 14.2. The lowest BCUT2D eigenvalue weighted by atomic mass is 10.1. The molecule has 0 radical (unpaired) electrons. The van der Waals surface area contributed by atoms with Gasteiger partial charge in [-0.1, -0.05) is 62.6 Å². The van der Waals surface area contributed by atoms with Crippen LogP contribution in [0.5, 0.6) is 0 Å². The maximum absolute atomic E-state index is 10.9. The molecule has 0 aromatic carbocycles. The molecule has 1 N–H and O–H groups in total. The van der Waals surface area contributed by atoms with E-state index in [-0.39, 0.29) is 12.1 Å². The molecule has 22 heavy (non-hydrogen) atoms. The zero-order valence-corrected chi connectivity index (χ0v) is 14.2. The van der Waals surface area contributed by atoms with Gasteiger partial charge in [0.25, 0.3) is 0 Å². The molecule has 0 fully saturated rings. The highest BCUT2D eigenvalue weighted by Crippen LogP contribution is 2.04. The second-order valence-electron chi connectivity index (χ2n) is 5.41. The molecular weight excluding hydrogens is 276 g/mol. The summed E-state index contributed by atoms with van der Waals surface area (Å²) in [5, 5.41) is 9.69. The van der Waals surface area contributed by atoms with E-state index < -0.39 is 0 Å². The minimum absolute atomic E-state index is 0.129. The van der Waals surface area contributed by atoms with E-state index in [4.69, 9.17) is 0 Å². The fraction of sp³-hybridized carbons (Fsp3) is 0.632. The van der Waals surface area contributed by atoms with Crippen LogP contribution in [0.4, 0.5) is 0 Å². The van der Waals surface area contributed by atoms with E-state index >= 15 is 0 Å². The Morgan fingerprint density at radius 2 is 1.91 bits per heavy atom. The molecule has 1 unspecified atom stereocenters. The van der Waals surface area contributed by atoms with E-state index in [0.717, 1.165) is 38.5 Å². The van der Waals surface area contributed by atoms with E-state index in [1.807, 2.05) is 18.2 Å². The van der Waals surface area contributed by atoms with Crippen molar-refractivity contribution in [3.8, 4) is 0 Å². The van der Waals surface area contributed by atoms with Crippen LogP contribution in [0, 0.1) is 0 Å². The third-order valence-corrected chi connectivity index (χ3v) is 3.35. The largest absolute Gasteiger partial charge is 0.469 e. The summed E-state index contributed by atoms with van der Waals surface area (Å²) in [4.78, 5) is 10.9. The van der Waals surface area contributed by atoms with Crippen molar-refractivity contribution in [3.63, 3.8) is 0 Å². The molecule has 0 heterocycles. The normalized spacial score (nSPS) is 13.4. The molecule has 0 saturated heterocycles. The molecule has 126 valence electrons. The first-order valence-corrected chi connectivity index (χ1v) is 8.44. The Hall–Kier alpha value is -1.35. The average Bonchev–Trinajstić information content (AvgIpc) is 2.52. The summed E-state index contributed by atoms with van der Waals surface area (Å²) < 4.78 is 4.59. The molecular formula is C19H32O3. The number of hydrogen-bond acceptors (Lipinski definition) is 3. The Labute approximate surface area is 135 Å². The molecule has 0 aliphatic carbocycles. The summed E-state index contributed by atoms with van der Waals surface area (Å²) in [6.07, 6.45) is 20.4. The highest BCUT2D eigenvalue weighted by atomic mass is 16.5. The van der Waals surface area contributed by atoms with Gasteiger partial charge in [-0.3, -0.25) is 4.79 Å². The molecule has 0 bridgehead atoms. The Balaban J connectivity index is 3.52. The van der Waals surface area contributed by atoms with Crippen molar-refractivity contribution < 1.29 is 14.6 Å². The number of esters is 1. The van der Waals surface area contributed by atoms with Gasteiger partial charge in [-0.25, -0.2) is 0 Å². The standard InChI is InChI=1S/C19H32O3/c1-3-4-12-15-18(20)16-13-10-8-6-5-7-9-11-14-17-19(21)22-2/h5,7-8,10,13,16,18,20H,3-4,6,9,11-12,14-15,17H2,1-2H3/b7-5-,10-8-,16-13+. The summed E-state index contributed by atoms with van der Waals surface area (Å²) in [6, 6.07) is 0. The minimum atomic E-state index is -0.318. The maximum atomic E-state index is 10.9. The SMILES string of the molecule is CCCCCC(O)/C=C/C=C\C/C=C\CCCCC(=O)OC. The predicted molar refractivity (Wildman–Crippen MR) is 92.7 cm³/mol. The summed E-state index contributed by atoms with van der Waals surface area (Å²) >= 11 is 0. The summed E-state index contributed by atoms with van der Waals surface area (Å²) in [5.74, 6) is -0.129. The molecule has 0 amide bonds. The van der Waals surface area contributed by atoms with Crippen LogP contribution in [0.3, 0.4) is 0 Å². The van der Waals surface area contributed by atoms with Crippen molar-refractivity contribution in [2.45, 2.75) is 70.8 Å². The van der Waals surface area contributed by atoms with Crippen LogP contribution in [0.1, 0.15) is 64.7 Å². The van der Waals surface area contributed by atoms with Crippen LogP contribution in [-0.4, -0.2) is 24.3 Å². The van der Waals surface area contributed by atoms with E-state index in [2.05, 4.69) is 29.9 Å². The smallest absolute Gasteiger partial charge is 0.305 e. The highest BCUT2D eigenvalue weighted by molar-refractivity contribution is 5.68. The third kappa shape index (κ3) is 15.0. The van der Waals surface area contributed by atoms with Crippen LogP contribution >= 0.6 is 0 Å². The molecule has 0 aliphatic heterocycles. The highest BCUT2D eigenvalue weighted by Gasteiger charge is 1.97. The Kier molecular flexibility index (Phi) is 15.0. The molecule has 1 atom stereocenters. The van der Waals surface area contributed by atoms with Crippen LogP contribution in [0.2, 0.25) is 0 Å². The van der Waals surface area contributed by atoms with Crippen LogP contribution in [-0.2, 0) is 9.53 Å². The molecule has 3 heteroatoms. The number of unbranched alkanes of at least 4 members (excludes halogenated alkanes) is 4. The molecule has 0 aliphatic rings. The van der Waals surface area contributed by atoms with Crippen molar-refractivity contribution >= 4 is 5.97 Å². The number of carbonyl (C=O) groups is 1. The van der Waals surface area contributed by atoms with E-state index in [9.17, 15) is 9.90 Å². The van der Waals surface area contributed by atoms with Crippen molar-refractivity contribution in [3.05, 3.63) is 36.5 Å². The van der Waals surface area contributed by atoms with Crippen molar-refractivity contribution in [1.82, 2.24) is 0 Å². The van der Waals surface area contributed by atoms with Crippen LogP contribution in [0.15, 0.2) is 36.5 Å². The van der Waals surface area contributed by atoms with Gasteiger partial charge in [0.2, 0.25) is 0 Å². The Morgan fingerprint density at radius 3 is 2.64 bits per heavy atom. The number of allylic oxidation sites excluding steroid dienone is 5. The summed E-state index contributed by atoms with van der Waals surface area (Å²) in [5.41, 5.74) is 0. The number of ether oxygens (including phenoxy) is 1. The second kappa shape index (κ2) is 16.0. The molecule has 0 aromatic rings. The van der Waals surface area contributed by atoms with Crippen LogP contribution in [0.25, 0.3) is 0 Å². The molecule has 0 rings (SSSR count). The Bertz CT molecular complexity index is 343. The molecule has 0 aromatic heterocycles. The summed E-state index contributed by atoms with van der Waals surface area (Å²) in [6.45, 7) is 2.16. The van der Waals surface area contributed by atoms with Gasteiger partial charge in [0.1, 0.15) is 0 Å². The van der Waals surface area contributed by atoms with Gasteiger partial charge in [0.15, 0.2) is 0 Å². The predicted octanol–water partition coefficient (Wildman–Crippen LogP) is 4.72. The van der Waals surface area contributed by atoms with Gasteiger partial charge in [0, 0.05) is 6.42 Å². The molecule has 0 saturated carbocycles. The topological polar surface area (TPSA) is 46.5 Å². The van der Waals surface area contributed by atoms with Gasteiger partial charge >= 0.3 is 5.97 Å². The van der Waals surface area contributed by atoms with E-state index in [0.29, 0.717) is 6.42 Å². The van der Waals surface area contributed by atoms with Gasteiger partial charge in [-0.05, 0) is 32.1 Å². The average molecular weight is 308 g/mol. The number of aliphatic hydroxyl groups excluding tert-OH is 1. The van der Waals surface area contributed by atoms with Crippen molar-refractivity contribution in [2.75, 3.05) is 7.11 Å². The van der Waals surface area contributed by atoms with Gasteiger partial charge in [-0.15, -0.1) is 0 Å². The van der Waals surface area contributed by atoms with Crippen molar-refractivity contribution in [2.24, 2.45) is 0 Å². The molecule has 3 nitrogen and oxygen atoms in total. The first-order chi connectivity index (χ1) is 10.7. The fourth-order valence-corrected chi connectivity index (χ4v) is 1.98. The lowest BCUT2D eigenvalue weighted by Crippen LogP contribution is -2.00.